The van der Waals surface area contributed by atoms with Gasteiger partial charge in [0.1, 0.15) is 5.69 Å². The van der Waals surface area contributed by atoms with Gasteiger partial charge in [0.15, 0.2) is 0 Å². The van der Waals surface area contributed by atoms with Crippen molar-refractivity contribution in [1.29, 1.82) is 0 Å². The molecule has 2 saturated heterocycles. The first-order valence-corrected chi connectivity index (χ1v) is 7.00. The molecule has 3 fully saturated rings. The van der Waals surface area contributed by atoms with Crippen LogP contribution in [0.5, 0.6) is 0 Å². The molecule has 1 amide bonds. The van der Waals surface area contributed by atoms with Crippen LogP contribution in [0.15, 0.2) is 18.3 Å². The van der Waals surface area contributed by atoms with Crippen molar-refractivity contribution in [3.63, 3.8) is 0 Å². The van der Waals surface area contributed by atoms with E-state index >= 15 is 0 Å². The van der Waals surface area contributed by atoms with Crippen molar-refractivity contribution >= 4 is 5.91 Å². The van der Waals surface area contributed by atoms with E-state index in [-0.39, 0.29) is 5.91 Å². The quantitative estimate of drug-likeness (QED) is 0.847. The molecule has 0 spiro atoms. The average Bonchev–Trinajstić information content (AvgIpc) is 2.80. The van der Waals surface area contributed by atoms with Crippen LogP contribution in [-0.2, 0) is 0 Å². The summed E-state index contributed by atoms with van der Waals surface area (Å²) in [7, 11) is 0. The number of amides is 1. The first-order chi connectivity index (χ1) is 8.83. The monoisotopic (exact) mass is 245 g/mol. The maximum absolute atomic E-state index is 12.6. The molecule has 0 radical (unpaired) electrons. The molecule has 3 heterocycles. The lowest BCUT2D eigenvalue weighted by atomic mass is 10.0. The van der Waals surface area contributed by atoms with E-state index in [4.69, 9.17) is 0 Å². The summed E-state index contributed by atoms with van der Waals surface area (Å²) in [4.78, 5) is 14.6. The third-order valence-corrected chi connectivity index (χ3v) is 4.62. The highest BCUT2D eigenvalue weighted by Gasteiger charge is 2.39. The van der Waals surface area contributed by atoms with Crippen molar-refractivity contribution in [1.82, 2.24) is 14.8 Å². The first kappa shape index (κ1) is 10.6. The zero-order chi connectivity index (χ0) is 12.1. The van der Waals surface area contributed by atoms with Crippen LogP contribution in [0, 0.1) is 11.8 Å². The van der Waals surface area contributed by atoms with E-state index in [1.54, 1.807) is 0 Å². The Morgan fingerprint density at radius 3 is 2.61 bits per heavy atom. The van der Waals surface area contributed by atoms with Gasteiger partial charge in [-0.3, -0.25) is 4.79 Å². The maximum Gasteiger partial charge on any atom is 0.270 e. The van der Waals surface area contributed by atoms with Crippen molar-refractivity contribution in [2.24, 2.45) is 11.8 Å². The largest absolute Gasteiger partial charge is 0.340 e. The lowest BCUT2D eigenvalue weighted by molar-refractivity contribution is 0.0770. The minimum absolute atomic E-state index is 0.237. The van der Waals surface area contributed by atoms with Crippen LogP contribution >= 0.6 is 0 Å². The molecule has 2 aliphatic heterocycles. The van der Waals surface area contributed by atoms with Crippen LogP contribution in [-0.4, -0.2) is 41.6 Å². The third-order valence-electron chi connectivity index (χ3n) is 4.62. The van der Waals surface area contributed by atoms with E-state index in [0.29, 0.717) is 17.9 Å². The topological polar surface area (TPSA) is 37.3 Å². The molecule has 96 valence electrons. The van der Waals surface area contributed by atoms with Crippen molar-refractivity contribution < 1.29 is 4.79 Å². The normalized spacial score (nSPS) is 30.8. The molecule has 1 aliphatic carbocycles. The van der Waals surface area contributed by atoms with Gasteiger partial charge in [0.25, 0.3) is 5.91 Å². The molecule has 4 rings (SSSR count). The van der Waals surface area contributed by atoms with Gasteiger partial charge in [-0.15, -0.1) is 0 Å². The van der Waals surface area contributed by atoms with Crippen LogP contribution in [0.3, 0.4) is 0 Å². The first-order valence-electron chi connectivity index (χ1n) is 7.00. The number of fused-ring (bicyclic) bond motifs is 1. The predicted octanol–water partition coefficient (Wildman–Crippen LogP) is 1.11. The predicted molar refractivity (Wildman–Crippen MR) is 68.5 cm³/mol. The molecule has 1 aromatic heterocycles. The van der Waals surface area contributed by atoms with Gasteiger partial charge in [-0.1, -0.05) is 0 Å². The summed E-state index contributed by atoms with van der Waals surface area (Å²) in [5.74, 6) is 1.60. The molecule has 3 aliphatic rings. The van der Waals surface area contributed by atoms with Gasteiger partial charge in [0, 0.05) is 38.4 Å². The number of nitrogens with zero attached hydrogens (tertiary/aromatic N) is 2. The number of rotatable bonds is 2. The fourth-order valence-electron chi connectivity index (χ4n) is 3.43. The number of hydrogen-bond acceptors (Lipinski definition) is 2. The van der Waals surface area contributed by atoms with Gasteiger partial charge in [-0.25, -0.2) is 0 Å². The molecule has 1 aromatic rings. The van der Waals surface area contributed by atoms with Crippen molar-refractivity contribution in [2.45, 2.75) is 18.9 Å². The van der Waals surface area contributed by atoms with Crippen molar-refractivity contribution in [3.05, 3.63) is 24.0 Å². The SMILES string of the molecule is O=C(c1cccn1C1CC1)N1C[C@H]2CNC[C@H]2C1. The Morgan fingerprint density at radius 1 is 1.22 bits per heavy atom. The average molecular weight is 245 g/mol. The number of nitrogens with one attached hydrogen (secondary N) is 1. The minimum Gasteiger partial charge on any atom is -0.340 e. The van der Waals surface area contributed by atoms with Crippen molar-refractivity contribution in [3.8, 4) is 0 Å². The molecular weight excluding hydrogens is 226 g/mol. The molecule has 0 unspecified atom stereocenters. The molecule has 18 heavy (non-hydrogen) atoms. The summed E-state index contributed by atoms with van der Waals surface area (Å²) in [5, 5.41) is 3.41. The van der Waals surface area contributed by atoms with Crippen LogP contribution in [0.25, 0.3) is 0 Å². The van der Waals surface area contributed by atoms with E-state index < -0.39 is 0 Å². The number of aromatic nitrogens is 1. The fraction of sp³-hybridized carbons (Fsp3) is 0.643. The molecule has 0 aromatic carbocycles. The van der Waals surface area contributed by atoms with Crippen molar-refractivity contribution in [2.75, 3.05) is 26.2 Å². The van der Waals surface area contributed by atoms with E-state index in [2.05, 4.69) is 21.0 Å². The Labute approximate surface area is 107 Å². The van der Waals surface area contributed by atoms with Gasteiger partial charge in [0.2, 0.25) is 0 Å². The van der Waals surface area contributed by atoms with Gasteiger partial charge >= 0.3 is 0 Å². The lowest BCUT2D eigenvalue weighted by Gasteiger charge is -2.18. The number of carbonyl (C=O) groups is 1. The second kappa shape index (κ2) is 3.85. The van der Waals surface area contributed by atoms with Crippen LogP contribution in [0.1, 0.15) is 29.4 Å². The van der Waals surface area contributed by atoms with Crippen LogP contribution in [0.2, 0.25) is 0 Å². The number of hydrogen-bond donors (Lipinski definition) is 1. The van der Waals surface area contributed by atoms with Gasteiger partial charge in [-0.05, 0) is 36.8 Å². The van der Waals surface area contributed by atoms with Crippen LogP contribution < -0.4 is 5.32 Å². The summed E-state index contributed by atoms with van der Waals surface area (Å²) in [5.41, 5.74) is 0.894. The van der Waals surface area contributed by atoms with E-state index in [9.17, 15) is 4.79 Å². The zero-order valence-corrected chi connectivity index (χ0v) is 10.5. The Morgan fingerprint density at radius 2 is 1.94 bits per heavy atom. The Bertz CT molecular complexity index is 465. The fourth-order valence-corrected chi connectivity index (χ4v) is 3.43. The molecule has 0 bridgehead atoms. The molecule has 1 N–H and O–H groups in total. The second-order valence-electron chi connectivity index (χ2n) is 5.92. The van der Waals surface area contributed by atoms with E-state index in [0.717, 1.165) is 31.9 Å². The van der Waals surface area contributed by atoms with E-state index in [1.165, 1.54) is 12.8 Å². The Hall–Kier alpha value is -1.29. The summed E-state index contributed by atoms with van der Waals surface area (Å²) in [6, 6.07) is 4.57. The van der Waals surface area contributed by atoms with Gasteiger partial charge < -0.3 is 14.8 Å². The third kappa shape index (κ3) is 1.59. The molecular formula is C14H19N3O. The second-order valence-corrected chi connectivity index (χ2v) is 5.92. The minimum atomic E-state index is 0.237. The highest BCUT2D eigenvalue weighted by molar-refractivity contribution is 5.93. The summed E-state index contributed by atoms with van der Waals surface area (Å²) >= 11 is 0. The molecule has 4 heteroatoms. The highest BCUT2D eigenvalue weighted by atomic mass is 16.2. The summed E-state index contributed by atoms with van der Waals surface area (Å²) in [6.45, 7) is 4.04. The smallest absolute Gasteiger partial charge is 0.270 e. The summed E-state index contributed by atoms with van der Waals surface area (Å²) < 4.78 is 2.18. The Balaban J connectivity index is 1.54. The highest BCUT2D eigenvalue weighted by Crippen LogP contribution is 2.36. The zero-order valence-electron chi connectivity index (χ0n) is 10.5. The van der Waals surface area contributed by atoms with Gasteiger partial charge in [0.05, 0.1) is 0 Å². The maximum atomic E-state index is 12.6. The Kier molecular flexibility index (Phi) is 2.27. The van der Waals surface area contributed by atoms with Crippen LogP contribution in [0.4, 0.5) is 0 Å². The molecule has 1 saturated carbocycles. The molecule has 4 nitrogen and oxygen atoms in total. The lowest BCUT2D eigenvalue weighted by Crippen LogP contribution is -2.33. The van der Waals surface area contributed by atoms with Gasteiger partial charge in [-0.2, -0.15) is 0 Å². The number of carbonyl (C=O) groups excluding carboxylic acids is 1. The standard InChI is InChI=1S/C14H19N3O/c18-14(13-2-1-5-17(13)12-3-4-12)16-8-10-6-15-7-11(10)9-16/h1-2,5,10-12,15H,3-4,6-9H2/t10-,11+. The molecule has 2 atom stereocenters. The number of likely N-dealkylation sites (tertiary alicyclic amines) is 1. The van der Waals surface area contributed by atoms with E-state index in [1.807, 2.05) is 12.1 Å². The summed E-state index contributed by atoms with van der Waals surface area (Å²) in [6.07, 6.45) is 4.51.